The Bertz CT molecular complexity index is 1030. The van der Waals surface area contributed by atoms with Crippen molar-refractivity contribution in [2.24, 2.45) is 4.99 Å². The number of phenols is 1. The Hall–Kier alpha value is -1.41. The van der Waals surface area contributed by atoms with Gasteiger partial charge < -0.3 is 5.11 Å². The molecule has 3 aromatic carbocycles. The first-order valence-electron chi connectivity index (χ1n) is 13.2. The molecule has 0 bridgehead atoms. The summed E-state index contributed by atoms with van der Waals surface area (Å²) in [5, 5.41) is 11.4. The van der Waals surface area contributed by atoms with E-state index >= 15 is 0 Å². The Labute approximate surface area is 235 Å². The van der Waals surface area contributed by atoms with Crippen LogP contribution < -0.4 is 0 Å². The summed E-state index contributed by atoms with van der Waals surface area (Å²) in [7, 11) is 9.87. The van der Waals surface area contributed by atoms with Gasteiger partial charge in [0.15, 0.2) is 0 Å². The van der Waals surface area contributed by atoms with Crippen molar-refractivity contribution in [3.05, 3.63) is 83.9 Å². The summed E-state index contributed by atoms with van der Waals surface area (Å²) in [5.74, 6) is 0.809. The van der Waals surface area contributed by atoms with E-state index in [4.69, 9.17) is 17.0 Å². The summed E-state index contributed by atoms with van der Waals surface area (Å²) in [6.07, 6.45) is 16.1. The second-order valence-electron chi connectivity index (χ2n) is 9.49. The van der Waals surface area contributed by atoms with E-state index in [9.17, 15) is 5.11 Å². The quantitative estimate of drug-likeness (QED) is 0.297. The number of hydrogen-bond donors (Lipinski definition) is 1. The number of aromatic hydroxyl groups is 1. The second kappa shape index (κ2) is 17.2. The fourth-order valence-corrected chi connectivity index (χ4v) is 5.02. The van der Waals surface area contributed by atoms with E-state index in [1.165, 1.54) is 63.4 Å². The van der Waals surface area contributed by atoms with Crippen LogP contribution in [0.3, 0.4) is 0 Å². The van der Waals surface area contributed by atoms with Gasteiger partial charge in [0.2, 0.25) is 0 Å². The molecule has 0 amide bonds. The zero-order valence-corrected chi connectivity index (χ0v) is 25.0. The molecule has 0 spiro atoms. The van der Waals surface area contributed by atoms with Gasteiger partial charge in [-0.05, 0) is 59.7 Å². The molecule has 190 valence electrons. The van der Waals surface area contributed by atoms with Gasteiger partial charge in [-0.25, -0.2) is 0 Å². The van der Waals surface area contributed by atoms with E-state index in [-0.39, 0.29) is 0 Å². The van der Waals surface area contributed by atoms with Crippen LogP contribution in [-0.4, -0.2) is 11.3 Å². The first-order valence-corrected chi connectivity index (χ1v) is 19.5. The molecule has 5 heteroatoms. The maximum absolute atomic E-state index is 11.4. The van der Waals surface area contributed by atoms with E-state index < -0.39 is 20.8 Å². The first-order chi connectivity index (χ1) is 17.7. The summed E-state index contributed by atoms with van der Waals surface area (Å²) in [6.45, 7) is 0. The molecule has 0 saturated heterocycles. The monoisotopic (exact) mass is 599 g/mol. The predicted octanol–water partition coefficient (Wildman–Crippen LogP) is 10.6. The number of hydrogen-bond acceptors (Lipinski definition) is 2. The van der Waals surface area contributed by atoms with Crippen molar-refractivity contribution in [2.45, 2.75) is 76.5 Å². The molecule has 0 atom stereocenters. The van der Waals surface area contributed by atoms with Gasteiger partial charge in [-0.1, -0.05) is 106 Å². The van der Waals surface area contributed by atoms with Crippen LogP contribution in [0.2, 0.25) is 0 Å². The zero-order chi connectivity index (χ0) is 25.4. The Kier molecular flexibility index (Phi) is 13.9. The van der Waals surface area contributed by atoms with E-state index in [0.717, 1.165) is 35.2 Å². The van der Waals surface area contributed by atoms with Gasteiger partial charge in [-0.3, -0.25) is 4.99 Å². The van der Waals surface area contributed by atoms with Crippen LogP contribution in [-0.2, 0) is 20.8 Å². The molecule has 1 aliphatic carbocycles. The molecule has 0 aliphatic heterocycles. The van der Waals surface area contributed by atoms with E-state index in [1.807, 2.05) is 36.5 Å². The topological polar surface area (TPSA) is 32.6 Å². The third kappa shape index (κ3) is 9.81. The number of nitrogens with zero attached hydrogens (tertiary/aromatic N) is 1. The Balaban J connectivity index is 0.00000115. The molecule has 4 rings (SSSR count). The summed E-state index contributed by atoms with van der Waals surface area (Å²) in [5.41, 5.74) is 5.14. The van der Waals surface area contributed by atoms with Crippen LogP contribution in [0.25, 0.3) is 11.1 Å². The number of rotatable bonds is 4. The Morgan fingerprint density at radius 3 is 1.75 bits per heavy atom. The molecule has 0 unspecified atom stereocenters. The molecule has 1 aliphatic rings. The second-order valence-corrected chi connectivity index (χ2v) is 13.2. The third-order valence-corrected chi connectivity index (χ3v) is 6.93. The van der Waals surface area contributed by atoms with Gasteiger partial charge in [0.25, 0.3) is 0 Å². The van der Waals surface area contributed by atoms with Crippen LogP contribution >= 0.6 is 17.0 Å². The van der Waals surface area contributed by atoms with Crippen LogP contribution in [0.15, 0.2) is 77.8 Å². The fourth-order valence-electron chi connectivity index (χ4n) is 5.02. The van der Waals surface area contributed by atoms with Gasteiger partial charge in [0.1, 0.15) is 5.75 Å². The maximum atomic E-state index is 11.4. The van der Waals surface area contributed by atoms with Gasteiger partial charge in [-0.2, -0.15) is 0 Å². The number of aliphatic imine (C=N–C) groups is 1. The molecule has 0 radical (unpaired) electrons. The van der Waals surface area contributed by atoms with Crippen molar-refractivity contribution >= 4 is 28.9 Å². The molecule has 1 N–H and O–H groups in total. The molecule has 1 saturated carbocycles. The van der Waals surface area contributed by atoms with Gasteiger partial charge in [0, 0.05) is 11.8 Å². The number of para-hydroxylation sites is 1. The summed E-state index contributed by atoms with van der Waals surface area (Å²) in [4.78, 5) is 4.66. The van der Waals surface area contributed by atoms with Crippen LogP contribution in [0.4, 0.5) is 5.69 Å². The predicted molar refractivity (Wildman–Crippen MR) is 152 cm³/mol. The average Bonchev–Trinajstić information content (AvgIpc) is 2.90. The minimum atomic E-state index is -0.826. The summed E-state index contributed by atoms with van der Waals surface area (Å²) < 4.78 is 0. The number of benzene rings is 3. The first kappa shape index (κ1) is 29.2. The van der Waals surface area contributed by atoms with Crippen molar-refractivity contribution in [1.29, 1.82) is 0 Å². The van der Waals surface area contributed by atoms with Crippen LogP contribution in [0.1, 0.15) is 87.7 Å². The molecule has 0 heterocycles. The molecular formula is C31H37Cl2NOZr. The number of halogens is 2. The van der Waals surface area contributed by atoms with E-state index in [0.29, 0.717) is 11.7 Å². The molecule has 3 aromatic rings. The van der Waals surface area contributed by atoms with Crippen LogP contribution in [0, 0.1) is 0 Å². The van der Waals surface area contributed by atoms with Gasteiger partial charge >= 0.3 is 37.9 Å². The zero-order valence-electron chi connectivity index (χ0n) is 21.0. The van der Waals surface area contributed by atoms with Crippen molar-refractivity contribution in [3.63, 3.8) is 0 Å². The van der Waals surface area contributed by atoms with Gasteiger partial charge in [0.05, 0.1) is 5.69 Å². The van der Waals surface area contributed by atoms with E-state index in [1.54, 1.807) is 0 Å². The van der Waals surface area contributed by atoms with Crippen molar-refractivity contribution < 1.29 is 26.0 Å². The SMILES string of the molecule is Oc1c(C=Nc2ccccc2)cc(-c2ccccc2)cc1C1CCCCCCCCCCC1.[Cl][Zr][Cl]. The average molecular weight is 602 g/mol. The van der Waals surface area contributed by atoms with Gasteiger partial charge in [-0.15, -0.1) is 0 Å². The van der Waals surface area contributed by atoms with E-state index in [2.05, 4.69) is 47.5 Å². The minimum absolute atomic E-state index is 0.400. The van der Waals surface area contributed by atoms with Crippen molar-refractivity contribution in [2.75, 3.05) is 0 Å². The van der Waals surface area contributed by atoms with Crippen molar-refractivity contribution in [3.8, 4) is 16.9 Å². The standard InChI is InChI=1S/C31H37NO.2ClH.Zr/c33-31-28(24-32-29-20-14-9-15-21-29)22-27(25-16-12-8-13-17-25)23-30(31)26-18-10-6-4-2-1-3-5-7-11-19-26;;;/h8-9,12-17,20-24,26,33H,1-7,10-11,18-19H2;2*1H;/q;;;+2/p-2. The molecule has 36 heavy (non-hydrogen) atoms. The Morgan fingerprint density at radius 1 is 0.694 bits per heavy atom. The molecule has 1 fully saturated rings. The van der Waals surface area contributed by atoms with Crippen LogP contribution in [0.5, 0.6) is 5.75 Å². The normalized spacial score (nSPS) is 15.8. The third-order valence-electron chi connectivity index (χ3n) is 6.93. The summed E-state index contributed by atoms with van der Waals surface area (Å²) >= 11 is -0.826. The summed E-state index contributed by atoms with van der Waals surface area (Å²) in [6, 6.07) is 24.8. The van der Waals surface area contributed by atoms with Crippen molar-refractivity contribution in [1.82, 2.24) is 0 Å². The molecular weight excluding hydrogens is 564 g/mol. The number of phenolic OH excluding ortho intramolecular Hbond substituents is 1. The molecule has 2 nitrogen and oxygen atoms in total. The fraction of sp³-hybridized carbons (Fsp3) is 0.387. The molecule has 0 aromatic heterocycles. The Morgan fingerprint density at radius 2 is 1.19 bits per heavy atom.